The SMILES string of the molecule is C=C/C(OC)=C1/CCCCC1=C.CC. The van der Waals surface area contributed by atoms with E-state index in [2.05, 4.69) is 13.2 Å². The van der Waals surface area contributed by atoms with E-state index in [1.165, 1.54) is 24.0 Å². The van der Waals surface area contributed by atoms with Gasteiger partial charge in [0.1, 0.15) is 5.76 Å². The second-order valence-electron chi connectivity index (χ2n) is 3.06. The molecule has 0 spiro atoms. The first kappa shape index (κ1) is 13.0. The molecule has 1 nitrogen and oxygen atoms in total. The van der Waals surface area contributed by atoms with Crippen LogP contribution in [0.1, 0.15) is 39.5 Å². The van der Waals surface area contributed by atoms with Crippen LogP contribution in [0.15, 0.2) is 36.1 Å². The topological polar surface area (TPSA) is 9.23 Å². The van der Waals surface area contributed by atoms with Crippen molar-refractivity contribution >= 4 is 0 Å². The van der Waals surface area contributed by atoms with E-state index in [0.29, 0.717) is 0 Å². The maximum absolute atomic E-state index is 5.21. The van der Waals surface area contributed by atoms with Gasteiger partial charge in [-0.15, -0.1) is 0 Å². The number of hydrogen-bond donors (Lipinski definition) is 0. The van der Waals surface area contributed by atoms with Crippen molar-refractivity contribution in [2.75, 3.05) is 7.11 Å². The first-order chi connectivity index (χ1) is 6.79. The van der Waals surface area contributed by atoms with Gasteiger partial charge in [-0.25, -0.2) is 0 Å². The lowest BCUT2D eigenvalue weighted by Gasteiger charge is -2.18. The van der Waals surface area contributed by atoms with Gasteiger partial charge < -0.3 is 4.74 Å². The maximum Gasteiger partial charge on any atom is 0.121 e. The number of ether oxygens (including phenoxy) is 1. The molecular weight excluding hydrogens is 172 g/mol. The summed E-state index contributed by atoms with van der Waals surface area (Å²) in [5.41, 5.74) is 2.48. The molecule has 0 saturated heterocycles. The summed E-state index contributed by atoms with van der Waals surface area (Å²) in [7, 11) is 1.69. The van der Waals surface area contributed by atoms with Crippen LogP contribution in [0.25, 0.3) is 0 Å². The lowest BCUT2D eigenvalue weighted by Crippen LogP contribution is -2.01. The van der Waals surface area contributed by atoms with Crippen molar-refractivity contribution in [3.05, 3.63) is 36.1 Å². The Morgan fingerprint density at radius 2 is 1.86 bits per heavy atom. The van der Waals surface area contributed by atoms with Crippen LogP contribution < -0.4 is 0 Å². The van der Waals surface area contributed by atoms with Gasteiger partial charge in [0, 0.05) is 0 Å². The molecule has 0 atom stereocenters. The summed E-state index contributed by atoms with van der Waals surface area (Å²) in [5, 5.41) is 0. The summed E-state index contributed by atoms with van der Waals surface area (Å²) >= 11 is 0. The van der Waals surface area contributed by atoms with Crippen LogP contribution in [0.5, 0.6) is 0 Å². The van der Waals surface area contributed by atoms with Gasteiger partial charge >= 0.3 is 0 Å². The average molecular weight is 194 g/mol. The zero-order chi connectivity index (χ0) is 11.0. The zero-order valence-corrected chi connectivity index (χ0v) is 9.73. The van der Waals surface area contributed by atoms with Crippen LogP contribution in [0.4, 0.5) is 0 Å². The second-order valence-corrected chi connectivity index (χ2v) is 3.06. The van der Waals surface area contributed by atoms with Crippen molar-refractivity contribution in [3.63, 3.8) is 0 Å². The first-order valence-electron chi connectivity index (χ1n) is 5.37. The number of allylic oxidation sites excluding steroid dienone is 3. The van der Waals surface area contributed by atoms with Crippen molar-refractivity contribution in [2.45, 2.75) is 39.5 Å². The van der Waals surface area contributed by atoms with E-state index in [1.807, 2.05) is 13.8 Å². The number of hydrogen-bond acceptors (Lipinski definition) is 1. The van der Waals surface area contributed by atoms with Crippen molar-refractivity contribution < 1.29 is 4.74 Å². The van der Waals surface area contributed by atoms with Crippen LogP contribution in [0.2, 0.25) is 0 Å². The molecule has 0 amide bonds. The minimum Gasteiger partial charge on any atom is -0.496 e. The van der Waals surface area contributed by atoms with E-state index in [-0.39, 0.29) is 0 Å². The van der Waals surface area contributed by atoms with Crippen molar-refractivity contribution in [2.24, 2.45) is 0 Å². The van der Waals surface area contributed by atoms with E-state index in [4.69, 9.17) is 4.74 Å². The Bertz CT molecular complexity index is 223. The fourth-order valence-electron chi connectivity index (χ4n) is 1.59. The summed E-state index contributed by atoms with van der Waals surface area (Å²) in [5.74, 6) is 0.903. The highest BCUT2D eigenvalue weighted by Gasteiger charge is 2.13. The molecule has 1 heteroatoms. The number of methoxy groups -OCH3 is 1. The molecule has 80 valence electrons. The normalized spacial score (nSPS) is 19.2. The third-order valence-corrected chi connectivity index (χ3v) is 2.28. The molecule has 1 rings (SSSR count). The van der Waals surface area contributed by atoms with E-state index < -0.39 is 0 Å². The standard InChI is InChI=1S/C11H16O.C2H6/c1-4-11(12-3)10-8-6-5-7-9(10)2;1-2/h4H,1-2,5-8H2,3H3;1-2H3/b11-10+;. The highest BCUT2D eigenvalue weighted by atomic mass is 16.5. The van der Waals surface area contributed by atoms with Crippen LogP contribution in [0.3, 0.4) is 0 Å². The molecule has 0 radical (unpaired) electrons. The van der Waals surface area contributed by atoms with Crippen molar-refractivity contribution in [3.8, 4) is 0 Å². The molecular formula is C13H22O. The Kier molecular flexibility index (Phi) is 6.91. The lowest BCUT2D eigenvalue weighted by molar-refractivity contribution is 0.300. The highest BCUT2D eigenvalue weighted by molar-refractivity contribution is 5.36. The molecule has 0 aromatic rings. The van der Waals surface area contributed by atoms with Gasteiger partial charge in [0.15, 0.2) is 0 Å². The molecule has 1 fully saturated rings. The minimum atomic E-state index is 0.903. The third kappa shape index (κ3) is 3.41. The predicted octanol–water partition coefficient (Wildman–Crippen LogP) is 4.23. The maximum atomic E-state index is 5.21. The van der Waals surface area contributed by atoms with Gasteiger partial charge in [0.05, 0.1) is 7.11 Å². The summed E-state index contributed by atoms with van der Waals surface area (Å²) in [6.07, 6.45) is 6.47. The van der Waals surface area contributed by atoms with Crippen LogP contribution >= 0.6 is 0 Å². The van der Waals surface area contributed by atoms with Crippen molar-refractivity contribution in [1.29, 1.82) is 0 Å². The Balaban J connectivity index is 0.000000791. The quantitative estimate of drug-likeness (QED) is 0.598. The zero-order valence-electron chi connectivity index (χ0n) is 9.73. The molecule has 0 aromatic heterocycles. The molecule has 0 aromatic carbocycles. The van der Waals surface area contributed by atoms with Crippen molar-refractivity contribution in [1.82, 2.24) is 0 Å². The van der Waals surface area contributed by atoms with Gasteiger partial charge in [-0.1, -0.05) is 27.0 Å². The monoisotopic (exact) mass is 194 g/mol. The second kappa shape index (κ2) is 7.43. The van der Waals surface area contributed by atoms with Gasteiger partial charge in [-0.2, -0.15) is 0 Å². The van der Waals surface area contributed by atoms with Gasteiger partial charge in [-0.3, -0.25) is 0 Å². The average Bonchev–Trinajstić information content (AvgIpc) is 2.25. The van der Waals surface area contributed by atoms with Crippen LogP contribution in [-0.4, -0.2) is 7.11 Å². The van der Waals surface area contributed by atoms with E-state index in [9.17, 15) is 0 Å². The molecule has 0 heterocycles. The fraction of sp³-hybridized carbons (Fsp3) is 0.538. The third-order valence-electron chi connectivity index (χ3n) is 2.28. The molecule has 1 aliphatic carbocycles. The molecule has 0 N–H and O–H groups in total. The fourth-order valence-corrected chi connectivity index (χ4v) is 1.59. The largest absolute Gasteiger partial charge is 0.496 e. The molecule has 0 bridgehead atoms. The smallest absolute Gasteiger partial charge is 0.121 e. The summed E-state index contributed by atoms with van der Waals surface area (Å²) in [6.45, 7) is 11.7. The summed E-state index contributed by atoms with van der Waals surface area (Å²) in [6, 6.07) is 0. The lowest BCUT2D eigenvalue weighted by atomic mass is 9.90. The molecule has 1 saturated carbocycles. The van der Waals surface area contributed by atoms with Gasteiger partial charge in [-0.05, 0) is 42.9 Å². The molecule has 1 aliphatic rings. The number of rotatable bonds is 2. The van der Waals surface area contributed by atoms with Crippen LogP contribution in [-0.2, 0) is 4.74 Å². The van der Waals surface area contributed by atoms with Gasteiger partial charge in [0.25, 0.3) is 0 Å². The Morgan fingerprint density at radius 3 is 2.29 bits per heavy atom. The molecule has 0 aliphatic heterocycles. The van der Waals surface area contributed by atoms with Gasteiger partial charge in [0.2, 0.25) is 0 Å². The Labute approximate surface area is 88.2 Å². The Hall–Kier alpha value is -0.980. The summed E-state index contributed by atoms with van der Waals surface area (Å²) < 4.78 is 5.21. The minimum absolute atomic E-state index is 0.903. The molecule has 0 unspecified atom stereocenters. The van der Waals surface area contributed by atoms with E-state index in [0.717, 1.165) is 18.6 Å². The van der Waals surface area contributed by atoms with E-state index >= 15 is 0 Å². The first-order valence-corrected chi connectivity index (χ1v) is 5.37. The van der Waals surface area contributed by atoms with Crippen LogP contribution in [0, 0.1) is 0 Å². The Morgan fingerprint density at radius 1 is 1.29 bits per heavy atom. The summed E-state index contributed by atoms with van der Waals surface area (Å²) in [4.78, 5) is 0. The molecule has 14 heavy (non-hydrogen) atoms. The predicted molar refractivity (Wildman–Crippen MR) is 63.2 cm³/mol. The van der Waals surface area contributed by atoms with E-state index in [1.54, 1.807) is 13.2 Å². The highest BCUT2D eigenvalue weighted by Crippen LogP contribution is 2.30.